The van der Waals surface area contributed by atoms with Crippen molar-refractivity contribution in [2.24, 2.45) is 0 Å². The number of hydrogen-bond donors (Lipinski definition) is 2. The third kappa shape index (κ3) is 5.68. The van der Waals surface area contributed by atoms with Crippen LogP contribution in [0, 0.1) is 5.82 Å². The van der Waals surface area contributed by atoms with E-state index in [9.17, 15) is 19.5 Å². The lowest BCUT2D eigenvalue weighted by Gasteiger charge is -2.36. The number of halogens is 2. The summed E-state index contributed by atoms with van der Waals surface area (Å²) in [5.74, 6) is -2.04. The third-order valence-electron chi connectivity index (χ3n) is 7.69. The summed E-state index contributed by atoms with van der Waals surface area (Å²) in [6.07, 6.45) is 3.20. The summed E-state index contributed by atoms with van der Waals surface area (Å²) in [5, 5.41) is 13.0. The predicted molar refractivity (Wildman–Crippen MR) is 157 cm³/mol. The number of carbonyl (C=O) groups is 2. The quantitative estimate of drug-likeness (QED) is 0.307. The second kappa shape index (κ2) is 11.0. The highest BCUT2D eigenvalue weighted by Crippen LogP contribution is 2.38. The summed E-state index contributed by atoms with van der Waals surface area (Å²) in [5.41, 5.74) is 2.24. The van der Waals surface area contributed by atoms with Crippen LogP contribution in [0.4, 0.5) is 15.8 Å². The number of carboxylic acids is 1. The minimum atomic E-state index is -1.30. The van der Waals surface area contributed by atoms with E-state index in [2.05, 4.69) is 10.2 Å². The molecule has 0 spiro atoms. The van der Waals surface area contributed by atoms with Gasteiger partial charge in [0, 0.05) is 66.6 Å². The van der Waals surface area contributed by atoms with Crippen LogP contribution in [0.3, 0.4) is 0 Å². The molecule has 2 aliphatic rings. The molecule has 8 nitrogen and oxygen atoms in total. The number of pyridine rings is 1. The van der Waals surface area contributed by atoms with E-state index in [0.29, 0.717) is 60.2 Å². The van der Waals surface area contributed by atoms with Crippen LogP contribution in [0.25, 0.3) is 10.9 Å². The van der Waals surface area contributed by atoms with Crippen LogP contribution in [0.15, 0.2) is 71.7 Å². The maximum Gasteiger partial charge on any atom is 0.341 e. The molecule has 0 bridgehead atoms. The van der Waals surface area contributed by atoms with Crippen LogP contribution in [0.1, 0.15) is 45.2 Å². The van der Waals surface area contributed by atoms with Gasteiger partial charge in [-0.3, -0.25) is 14.5 Å². The zero-order valence-corrected chi connectivity index (χ0v) is 22.9. The van der Waals surface area contributed by atoms with Crippen LogP contribution < -0.4 is 15.6 Å². The highest BCUT2D eigenvalue weighted by Gasteiger charge is 2.28. The lowest BCUT2D eigenvalue weighted by Crippen LogP contribution is -2.46. The fourth-order valence-corrected chi connectivity index (χ4v) is 5.53. The van der Waals surface area contributed by atoms with Gasteiger partial charge in [0.15, 0.2) is 0 Å². The molecule has 0 unspecified atom stereocenters. The molecule has 1 aliphatic carbocycles. The van der Waals surface area contributed by atoms with Crippen molar-refractivity contribution >= 4 is 45.8 Å². The SMILES string of the molecule is O=C(Nc1cccc(Cl)c1)c1ccc(CN2CCN(c3cc4c(cc3F)c(=O)c(C(=O)O)cn4C3CC3)CC2)cc1. The molecule has 10 heteroatoms. The maximum atomic E-state index is 15.3. The van der Waals surface area contributed by atoms with Crippen LogP contribution in [-0.4, -0.2) is 52.6 Å². The molecule has 1 amide bonds. The first-order chi connectivity index (χ1) is 19.8. The molecule has 6 rings (SSSR count). The minimum absolute atomic E-state index is 0.0985. The average molecular weight is 575 g/mol. The van der Waals surface area contributed by atoms with Gasteiger partial charge in [-0.25, -0.2) is 9.18 Å². The molecule has 4 aromatic rings. The highest BCUT2D eigenvalue weighted by atomic mass is 35.5. The van der Waals surface area contributed by atoms with Gasteiger partial charge in [0.1, 0.15) is 11.4 Å². The smallest absolute Gasteiger partial charge is 0.341 e. The summed E-state index contributed by atoms with van der Waals surface area (Å²) in [6.45, 7) is 3.32. The third-order valence-corrected chi connectivity index (χ3v) is 7.92. The Morgan fingerprint density at radius 1 is 1.00 bits per heavy atom. The molecule has 1 aromatic heterocycles. The predicted octanol–water partition coefficient (Wildman–Crippen LogP) is 5.40. The van der Waals surface area contributed by atoms with Crippen molar-refractivity contribution in [1.82, 2.24) is 9.47 Å². The number of rotatable bonds is 7. The van der Waals surface area contributed by atoms with Crippen molar-refractivity contribution in [3.63, 3.8) is 0 Å². The molecule has 210 valence electrons. The maximum absolute atomic E-state index is 15.3. The zero-order chi connectivity index (χ0) is 28.7. The first kappa shape index (κ1) is 27.0. The van der Waals surface area contributed by atoms with Gasteiger partial charge in [-0.1, -0.05) is 29.8 Å². The van der Waals surface area contributed by atoms with Gasteiger partial charge >= 0.3 is 5.97 Å². The molecule has 1 aliphatic heterocycles. The van der Waals surface area contributed by atoms with Crippen LogP contribution in [-0.2, 0) is 6.54 Å². The summed E-state index contributed by atoms with van der Waals surface area (Å²) in [7, 11) is 0. The van der Waals surface area contributed by atoms with Crippen molar-refractivity contribution < 1.29 is 19.1 Å². The summed E-state index contributed by atoms with van der Waals surface area (Å²) < 4.78 is 17.1. The highest BCUT2D eigenvalue weighted by molar-refractivity contribution is 6.31. The second-order valence-corrected chi connectivity index (χ2v) is 11.0. The van der Waals surface area contributed by atoms with Gasteiger partial charge in [0.05, 0.1) is 11.2 Å². The molecule has 0 radical (unpaired) electrons. The second-order valence-electron chi connectivity index (χ2n) is 10.6. The molecule has 1 saturated heterocycles. The molecule has 1 saturated carbocycles. The number of hydrogen-bond acceptors (Lipinski definition) is 5. The van der Waals surface area contributed by atoms with E-state index in [1.165, 1.54) is 12.3 Å². The Hall–Kier alpha value is -4.21. The van der Waals surface area contributed by atoms with Gasteiger partial charge < -0.3 is 19.9 Å². The van der Waals surface area contributed by atoms with Crippen LogP contribution in [0.2, 0.25) is 5.02 Å². The first-order valence-electron chi connectivity index (χ1n) is 13.5. The number of aromatic nitrogens is 1. The Bertz CT molecular complexity index is 1710. The number of nitrogens with zero attached hydrogens (tertiary/aromatic N) is 3. The molecule has 3 aromatic carbocycles. The number of nitrogens with one attached hydrogen (secondary N) is 1. The fraction of sp³-hybridized carbons (Fsp3) is 0.258. The number of fused-ring (bicyclic) bond motifs is 1. The Morgan fingerprint density at radius 3 is 2.39 bits per heavy atom. The average Bonchev–Trinajstić information content (AvgIpc) is 3.80. The van der Waals surface area contributed by atoms with Gasteiger partial charge in [-0.2, -0.15) is 0 Å². The van der Waals surface area contributed by atoms with Crippen molar-refractivity contribution in [1.29, 1.82) is 0 Å². The standard InChI is InChI=1S/C31H28ClFN4O4/c32-21-2-1-3-22(14-21)34-30(39)20-6-4-19(5-7-20)17-35-10-12-36(13-11-35)28-16-27-24(15-26(28)33)29(38)25(31(40)41)18-37(27)23-8-9-23/h1-7,14-16,18,23H,8-13,17H2,(H,34,39)(H,40,41). The van der Waals surface area contributed by atoms with E-state index in [1.807, 2.05) is 21.6 Å². The van der Waals surface area contributed by atoms with E-state index in [-0.39, 0.29) is 22.9 Å². The van der Waals surface area contributed by atoms with E-state index in [1.54, 1.807) is 42.5 Å². The van der Waals surface area contributed by atoms with Crippen molar-refractivity contribution in [2.45, 2.75) is 25.4 Å². The molecule has 0 atom stereocenters. The van der Waals surface area contributed by atoms with Crippen molar-refractivity contribution in [3.8, 4) is 0 Å². The Labute approximate surface area is 240 Å². The Kier molecular flexibility index (Phi) is 7.23. The lowest BCUT2D eigenvalue weighted by molar-refractivity contribution is 0.0694. The van der Waals surface area contributed by atoms with E-state index < -0.39 is 17.2 Å². The van der Waals surface area contributed by atoms with Crippen molar-refractivity contribution in [3.05, 3.63) is 105 Å². The van der Waals surface area contributed by atoms with Crippen molar-refractivity contribution in [2.75, 3.05) is 36.4 Å². The number of benzene rings is 3. The minimum Gasteiger partial charge on any atom is -0.477 e. The largest absolute Gasteiger partial charge is 0.477 e. The zero-order valence-electron chi connectivity index (χ0n) is 22.1. The fourth-order valence-electron chi connectivity index (χ4n) is 5.34. The number of carboxylic acid groups (broad SMARTS) is 1. The molecule has 2 N–H and O–H groups in total. The molecule has 41 heavy (non-hydrogen) atoms. The van der Waals surface area contributed by atoms with Gasteiger partial charge in [-0.15, -0.1) is 0 Å². The lowest BCUT2D eigenvalue weighted by atomic mass is 10.1. The molecular weight excluding hydrogens is 547 g/mol. The number of amides is 1. The van der Waals surface area contributed by atoms with Gasteiger partial charge in [0.2, 0.25) is 5.43 Å². The molecule has 2 fully saturated rings. The number of piperazine rings is 1. The molecular formula is C31H28ClFN4O4. The summed E-state index contributed by atoms with van der Waals surface area (Å²) in [6, 6.07) is 17.5. The number of carbonyl (C=O) groups excluding carboxylic acids is 1. The topological polar surface area (TPSA) is 94.9 Å². The Balaban J connectivity index is 1.12. The van der Waals surface area contributed by atoms with E-state index in [4.69, 9.17) is 11.6 Å². The van der Waals surface area contributed by atoms with Gasteiger partial charge in [-0.05, 0) is 60.9 Å². The first-order valence-corrected chi connectivity index (χ1v) is 13.9. The summed E-state index contributed by atoms with van der Waals surface area (Å²) in [4.78, 5) is 41.2. The van der Waals surface area contributed by atoms with E-state index in [0.717, 1.165) is 18.4 Å². The van der Waals surface area contributed by atoms with Crippen LogP contribution in [0.5, 0.6) is 0 Å². The number of anilines is 2. The van der Waals surface area contributed by atoms with E-state index >= 15 is 4.39 Å². The van der Waals surface area contributed by atoms with Gasteiger partial charge in [0.25, 0.3) is 5.91 Å². The normalized spacial score (nSPS) is 15.7. The summed E-state index contributed by atoms with van der Waals surface area (Å²) >= 11 is 5.99. The number of aromatic carboxylic acids is 1. The van der Waals surface area contributed by atoms with Crippen LogP contribution >= 0.6 is 11.6 Å². The molecule has 2 heterocycles. The Morgan fingerprint density at radius 2 is 1.73 bits per heavy atom. The monoisotopic (exact) mass is 574 g/mol.